The lowest BCUT2D eigenvalue weighted by Crippen LogP contribution is -2.50. The number of aliphatic carboxylic acids is 1. The van der Waals surface area contributed by atoms with Crippen molar-refractivity contribution < 1.29 is 9.90 Å². The number of carboxylic acid groups (broad SMARTS) is 1. The van der Waals surface area contributed by atoms with Gasteiger partial charge in [-0.2, -0.15) is 0 Å². The highest BCUT2D eigenvalue weighted by molar-refractivity contribution is 5.78. The molecule has 1 fully saturated rings. The maximum atomic E-state index is 11.5. The minimum absolute atomic E-state index is 0.430. The van der Waals surface area contributed by atoms with Crippen LogP contribution in [0.5, 0.6) is 0 Å². The quantitative estimate of drug-likeness (QED) is 0.575. The van der Waals surface area contributed by atoms with Crippen molar-refractivity contribution >= 4 is 5.97 Å². The Hall–Kier alpha value is -0.610. The van der Waals surface area contributed by atoms with Crippen molar-refractivity contribution in [2.75, 3.05) is 13.1 Å². The molecule has 1 aliphatic carbocycles. The van der Waals surface area contributed by atoms with Gasteiger partial charge in [-0.25, -0.2) is 0 Å². The summed E-state index contributed by atoms with van der Waals surface area (Å²) in [5.74, 6) is -0.0366. The Labute approximate surface area is 130 Å². The Morgan fingerprint density at radius 1 is 1.29 bits per heavy atom. The average Bonchev–Trinajstić information content (AvgIpc) is 3.15. The summed E-state index contributed by atoms with van der Waals surface area (Å²) in [6.07, 6.45) is 4.99. The summed E-state index contributed by atoms with van der Waals surface area (Å²) in [4.78, 5) is 14.0. The standard InChI is InChI=1S/C17H34N2O2/c1-13(2)12-19(14(3)4)11-7-6-10-17(5,16(20)21)18-15-8-9-15/h13-15,18H,6-12H2,1-5H3,(H,20,21). The summed E-state index contributed by atoms with van der Waals surface area (Å²) in [6.45, 7) is 13.0. The van der Waals surface area contributed by atoms with Crippen LogP contribution >= 0.6 is 0 Å². The lowest BCUT2D eigenvalue weighted by atomic mass is 9.94. The lowest BCUT2D eigenvalue weighted by Gasteiger charge is -2.29. The van der Waals surface area contributed by atoms with Gasteiger partial charge in [-0.1, -0.05) is 13.8 Å². The maximum Gasteiger partial charge on any atom is 0.323 e. The van der Waals surface area contributed by atoms with Crippen LogP contribution < -0.4 is 5.32 Å². The van der Waals surface area contributed by atoms with E-state index >= 15 is 0 Å². The van der Waals surface area contributed by atoms with Gasteiger partial charge in [0.05, 0.1) is 0 Å². The number of rotatable bonds is 11. The van der Waals surface area contributed by atoms with Crippen LogP contribution in [-0.2, 0) is 4.79 Å². The lowest BCUT2D eigenvalue weighted by molar-refractivity contribution is -0.144. The van der Waals surface area contributed by atoms with E-state index in [9.17, 15) is 9.90 Å². The van der Waals surface area contributed by atoms with E-state index in [4.69, 9.17) is 0 Å². The number of nitrogens with one attached hydrogen (secondary N) is 1. The third-order valence-electron chi connectivity index (χ3n) is 4.27. The smallest absolute Gasteiger partial charge is 0.323 e. The maximum absolute atomic E-state index is 11.5. The SMILES string of the molecule is CC(C)CN(CCCCC(C)(NC1CC1)C(=O)O)C(C)C. The predicted octanol–water partition coefficient (Wildman–Crippen LogP) is 3.12. The Kier molecular flexibility index (Phi) is 7.14. The molecule has 0 bridgehead atoms. The monoisotopic (exact) mass is 298 g/mol. The summed E-state index contributed by atoms with van der Waals surface area (Å²) >= 11 is 0. The van der Waals surface area contributed by atoms with Crippen molar-refractivity contribution in [2.24, 2.45) is 5.92 Å². The molecule has 0 spiro atoms. The normalized spacial score (nSPS) is 18.5. The highest BCUT2D eigenvalue weighted by Gasteiger charge is 2.37. The fourth-order valence-corrected chi connectivity index (χ4v) is 2.74. The third-order valence-corrected chi connectivity index (χ3v) is 4.27. The molecule has 0 aromatic heterocycles. The summed E-state index contributed by atoms with van der Waals surface area (Å²) < 4.78 is 0. The zero-order valence-electron chi connectivity index (χ0n) is 14.5. The highest BCUT2D eigenvalue weighted by atomic mass is 16.4. The van der Waals surface area contributed by atoms with Crippen molar-refractivity contribution in [3.63, 3.8) is 0 Å². The van der Waals surface area contributed by atoms with Gasteiger partial charge in [0.25, 0.3) is 0 Å². The molecule has 0 aromatic rings. The number of carbonyl (C=O) groups is 1. The summed E-state index contributed by atoms with van der Waals surface area (Å²) in [7, 11) is 0. The fourth-order valence-electron chi connectivity index (χ4n) is 2.74. The van der Waals surface area contributed by atoms with Crippen LogP contribution in [0.15, 0.2) is 0 Å². The van der Waals surface area contributed by atoms with Gasteiger partial charge < -0.3 is 10.0 Å². The van der Waals surface area contributed by atoms with Crippen LogP contribution in [0.3, 0.4) is 0 Å². The van der Waals surface area contributed by atoms with E-state index in [1.54, 1.807) is 0 Å². The van der Waals surface area contributed by atoms with Crippen LogP contribution in [0.1, 0.15) is 66.7 Å². The molecule has 1 unspecified atom stereocenters. The molecule has 0 radical (unpaired) electrons. The first-order valence-electron chi connectivity index (χ1n) is 8.49. The molecule has 1 aliphatic rings. The summed E-state index contributed by atoms with van der Waals surface area (Å²) in [5.41, 5.74) is -0.748. The zero-order valence-corrected chi connectivity index (χ0v) is 14.5. The Balaban J connectivity index is 2.33. The van der Waals surface area contributed by atoms with Gasteiger partial charge in [-0.15, -0.1) is 0 Å². The van der Waals surface area contributed by atoms with E-state index in [2.05, 4.69) is 37.9 Å². The molecule has 21 heavy (non-hydrogen) atoms. The fraction of sp³-hybridized carbons (Fsp3) is 0.941. The van der Waals surface area contributed by atoms with Gasteiger partial charge in [0, 0.05) is 18.6 Å². The van der Waals surface area contributed by atoms with Crippen molar-refractivity contribution in [1.29, 1.82) is 0 Å². The Morgan fingerprint density at radius 3 is 2.33 bits per heavy atom. The van der Waals surface area contributed by atoms with Crippen molar-refractivity contribution in [3.8, 4) is 0 Å². The number of carboxylic acids is 1. The molecule has 2 N–H and O–H groups in total. The van der Waals surface area contributed by atoms with Gasteiger partial charge in [-0.05, 0) is 65.3 Å². The molecule has 1 atom stereocenters. The van der Waals surface area contributed by atoms with E-state index in [0.29, 0.717) is 24.4 Å². The van der Waals surface area contributed by atoms with E-state index in [1.807, 2.05) is 6.92 Å². The molecule has 0 aromatic carbocycles. The van der Waals surface area contributed by atoms with Gasteiger partial charge in [0.1, 0.15) is 5.54 Å². The van der Waals surface area contributed by atoms with Crippen LogP contribution in [-0.4, -0.2) is 46.7 Å². The first-order valence-corrected chi connectivity index (χ1v) is 8.49. The first kappa shape index (κ1) is 18.4. The average molecular weight is 298 g/mol. The first-order chi connectivity index (χ1) is 9.74. The molecule has 4 nitrogen and oxygen atoms in total. The third kappa shape index (κ3) is 6.79. The van der Waals surface area contributed by atoms with Crippen molar-refractivity contribution in [1.82, 2.24) is 10.2 Å². The summed E-state index contributed by atoms with van der Waals surface area (Å²) in [6, 6.07) is 0.988. The van der Waals surface area contributed by atoms with E-state index in [0.717, 1.165) is 38.8 Å². The number of unbranched alkanes of at least 4 members (excludes halogenated alkanes) is 1. The van der Waals surface area contributed by atoms with Crippen molar-refractivity contribution in [3.05, 3.63) is 0 Å². The van der Waals surface area contributed by atoms with E-state index in [1.165, 1.54) is 0 Å². The van der Waals surface area contributed by atoms with Crippen LogP contribution in [0.4, 0.5) is 0 Å². The second-order valence-corrected chi connectivity index (χ2v) is 7.50. The largest absolute Gasteiger partial charge is 0.480 e. The van der Waals surface area contributed by atoms with Crippen LogP contribution in [0.2, 0.25) is 0 Å². The Morgan fingerprint density at radius 2 is 1.90 bits per heavy atom. The van der Waals surface area contributed by atoms with E-state index in [-0.39, 0.29) is 0 Å². The van der Waals surface area contributed by atoms with E-state index < -0.39 is 11.5 Å². The summed E-state index contributed by atoms with van der Waals surface area (Å²) in [5, 5.41) is 12.7. The molecule has 0 aliphatic heterocycles. The highest BCUT2D eigenvalue weighted by Crippen LogP contribution is 2.25. The van der Waals surface area contributed by atoms with Gasteiger partial charge in [0.2, 0.25) is 0 Å². The Bertz CT molecular complexity index is 327. The minimum atomic E-state index is -0.748. The molecule has 1 saturated carbocycles. The molecular formula is C17H34N2O2. The van der Waals surface area contributed by atoms with Gasteiger partial charge >= 0.3 is 5.97 Å². The second kappa shape index (κ2) is 8.14. The molecule has 4 heteroatoms. The van der Waals surface area contributed by atoms with Crippen molar-refractivity contribution in [2.45, 2.75) is 84.3 Å². The van der Waals surface area contributed by atoms with Gasteiger partial charge in [-0.3, -0.25) is 10.1 Å². The molecular weight excluding hydrogens is 264 g/mol. The predicted molar refractivity (Wildman–Crippen MR) is 87.6 cm³/mol. The van der Waals surface area contributed by atoms with Crippen LogP contribution in [0, 0.1) is 5.92 Å². The number of hydrogen-bond acceptors (Lipinski definition) is 3. The topological polar surface area (TPSA) is 52.6 Å². The molecule has 1 rings (SSSR count). The molecule has 124 valence electrons. The molecule has 0 saturated heterocycles. The molecule has 0 amide bonds. The zero-order chi connectivity index (χ0) is 16.0. The number of hydrogen-bond donors (Lipinski definition) is 2. The molecule has 0 heterocycles. The van der Waals surface area contributed by atoms with Crippen LogP contribution in [0.25, 0.3) is 0 Å². The minimum Gasteiger partial charge on any atom is -0.480 e. The number of nitrogens with zero attached hydrogens (tertiary/aromatic N) is 1. The van der Waals surface area contributed by atoms with Gasteiger partial charge in [0.15, 0.2) is 0 Å². The second-order valence-electron chi connectivity index (χ2n) is 7.50.